The maximum Gasteiger partial charge on any atom is 0.0133 e. The Labute approximate surface area is 93.1 Å². The zero-order chi connectivity index (χ0) is 10.7. The number of benzene rings is 1. The van der Waals surface area contributed by atoms with E-state index in [1.807, 2.05) is 0 Å². The topological polar surface area (TPSA) is 3.24 Å². The number of rotatable bonds is 2. The van der Waals surface area contributed by atoms with Crippen LogP contribution in [0.1, 0.15) is 30.9 Å². The van der Waals surface area contributed by atoms with Crippen LogP contribution in [0.15, 0.2) is 24.3 Å². The minimum Gasteiger partial charge on any atom is -0.303 e. The highest BCUT2D eigenvalue weighted by Gasteiger charge is 2.19. The van der Waals surface area contributed by atoms with Crippen LogP contribution < -0.4 is 0 Å². The van der Waals surface area contributed by atoms with Crippen molar-refractivity contribution in [2.24, 2.45) is 0 Å². The molecule has 0 saturated heterocycles. The van der Waals surface area contributed by atoms with Gasteiger partial charge in [-0.2, -0.15) is 0 Å². The maximum absolute atomic E-state index is 2.53. The van der Waals surface area contributed by atoms with Gasteiger partial charge in [-0.25, -0.2) is 0 Å². The summed E-state index contributed by atoms with van der Waals surface area (Å²) < 4.78 is 0. The molecular formula is C14H21N. The third-order valence-corrected chi connectivity index (χ3v) is 3.55. The van der Waals surface area contributed by atoms with Crippen molar-refractivity contribution in [2.75, 3.05) is 13.6 Å². The Kier molecular flexibility index (Phi) is 3.42. The molecule has 0 spiro atoms. The molecule has 0 amide bonds. The number of fused-ring (bicyclic) bond motifs is 1. The normalized spacial score (nSPS) is 22.1. The molecule has 15 heavy (non-hydrogen) atoms. The summed E-state index contributed by atoms with van der Waals surface area (Å²) in [5.41, 5.74) is 3.13. The van der Waals surface area contributed by atoms with Gasteiger partial charge in [-0.3, -0.25) is 0 Å². The summed E-state index contributed by atoms with van der Waals surface area (Å²) in [6.45, 7) is 3.49. The summed E-state index contributed by atoms with van der Waals surface area (Å²) in [6.07, 6.45) is 5.06. The maximum atomic E-state index is 2.53. The number of likely N-dealkylation sites (N-methyl/N-ethyl adjacent to an activating group) is 1. The largest absolute Gasteiger partial charge is 0.303 e. The fourth-order valence-corrected chi connectivity index (χ4v) is 2.55. The van der Waals surface area contributed by atoms with Gasteiger partial charge in [0.05, 0.1) is 0 Å². The van der Waals surface area contributed by atoms with Gasteiger partial charge in [0.1, 0.15) is 0 Å². The van der Waals surface area contributed by atoms with Crippen LogP contribution >= 0.6 is 0 Å². The van der Waals surface area contributed by atoms with Gasteiger partial charge in [0.25, 0.3) is 0 Å². The Morgan fingerprint density at radius 3 is 2.73 bits per heavy atom. The van der Waals surface area contributed by atoms with Crippen molar-refractivity contribution in [3.05, 3.63) is 35.4 Å². The molecule has 1 aromatic carbocycles. The summed E-state index contributed by atoms with van der Waals surface area (Å²) in [4.78, 5) is 2.53. The van der Waals surface area contributed by atoms with Crippen LogP contribution in [-0.4, -0.2) is 24.5 Å². The standard InChI is InChI=1S/C14H21N/c1-3-6-14-11-13-8-5-4-7-12(13)9-10-15(14)2/h4-5,7-8,14H,3,6,9-11H2,1-2H3. The summed E-state index contributed by atoms with van der Waals surface area (Å²) in [5, 5.41) is 0. The SMILES string of the molecule is CCCC1Cc2ccccc2CCN1C. The molecule has 0 aliphatic carbocycles. The molecule has 0 bridgehead atoms. The zero-order valence-electron chi connectivity index (χ0n) is 9.87. The van der Waals surface area contributed by atoms with E-state index in [9.17, 15) is 0 Å². The molecule has 0 aromatic heterocycles. The predicted molar refractivity (Wildman–Crippen MR) is 65.2 cm³/mol. The highest BCUT2D eigenvalue weighted by atomic mass is 15.1. The van der Waals surface area contributed by atoms with Crippen molar-refractivity contribution in [3.63, 3.8) is 0 Å². The van der Waals surface area contributed by atoms with Gasteiger partial charge < -0.3 is 4.90 Å². The van der Waals surface area contributed by atoms with Gasteiger partial charge in [0.15, 0.2) is 0 Å². The van der Waals surface area contributed by atoms with E-state index in [4.69, 9.17) is 0 Å². The monoisotopic (exact) mass is 203 g/mol. The summed E-state index contributed by atoms with van der Waals surface area (Å²) in [7, 11) is 2.27. The van der Waals surface area contributed by atoms with Crippen molar-refractivity contribution in [3.8, 4) is 0 Å². The van der Waals surface area contributed by atoms with Gasteiger partial charge >= 0.3 is 0 Å². The zero-order valence-corrected chi connectivity index (χ0v) is 9.87. The molecule has 82 valence electrons. The van der Waals surface area contributed by atoms with E-state index < -0.39 is 0 Å². The first-order valence-corrected chi connectivity index (χ1v) is 6.08. The highest BCUT2D eigenvalue weighted by Crippen LogP contribution is 2.21. The van der Waals surface area contributed by atoms with Crippen molar-refractivity contribution >= 4 is 0 Å². The van der Waals surface area contributed by atoms with Gasteiger partial charge in [-0.05, 0) is 37.4 Å². The van der Waals surface area contributed by atoms with Crippen LogP contribution in [-0.2, 0) is 12.8 Å². The average molecular weight is 203 g/mol. The molecule has 0 radical (unpaired) electrons. The van der Waals surface area contributed by atoms with Crippen LogP contribution in [0.2, 0.25) is 0 Å². The molecule has 0 N–H and O–H groups in total. The molecule has 0 saturated carbocycles. The second-order valence-electron chi connectivity index (χ2n) is 4.65. The van der Waals surface area contributed by atoms with E-state index in [0.717, 1.165) is 6.04 Å². The van der Waals surface area contributed by atoms with E-state index in [0.29, 0.717) is 0 Å². The van der Waals surface area contributed by atoms with E-state index >= 15 is 0 Å². The van der Waals surface area contributed by atoms with Crippen molar-refractivity contribution < 1.29 is 0 Å². The third-order valence-electron chi connectivity index (χ3n) is 3.55. The minimum absolute atomic E-state index is 0.749. The molecule has 0 fully saturated rings. The van der Waals surface area contributed by atoms with Crippen molar-refractivity contribution in [1.82, 2.24) is 4.90 Å². The Morgan fingerprint density at radius 2 is 2.00 bits per heavy atom. The highest BCUT2D eigenvalue weighted by molar-refractivity contribution is 5.29. The molecule has 1 heterocycles. The molecule has 1 aromatic rings. The predicted octanol–water partition coefficient (Wildman–Crippen LogP) is 2.89. The lowest BCUT2D eigenvalue weighted by molar-refractivity contribution is 0.237. The van der Waals surface area contributed by atoms with Gasteiger partial charge in [0, 0.05) is 12.6 Å². The minimum atomic E-state index is 0.749. The quantitative estimate of drug-likeness (QED) is 0.714. The molecule has 1 heteroatoms. The second-order valence-corrected chi connectivity index (χ2v) is 4.65. The molecule has 1 aliphatic rings. The van der Waals surface area contributed by atoms with E-state index in [2.05, 4.69) is 43.1 Å². The van der Waals surface area contributed by atoms with Gasteiger partial charge in [-0.1, -0.05) is 37.6 Å². The van der Waals surface area contributed by atoms with Crippen LogP contribution in [0.25, 0.3) is 0 Å². The van der Waals surface area contributed by atoms with Crippen molar-refractivity contribution in [2.45, 2.75) is 38.6 Å². The lowest BCUT2D eigenvalue weighted by Crippen LogP contribution is -2.32. The smallest absolute Gasteiger partial charge is 0.0133 e. The first kappa shape index (κ1) is 10.7. The summed E-state index contributed by atoms with van der Waals surface area (Å²) >= 11 is 0. The molecule has 1 aliphatic heterocycles. The Morgan fingerprint density at radius 1 is 1.27 bits per heavy atom. The first-order chi connectivity index (χ1) is 7.31. The fourth-order valence-electron chi connectivity index (χ4n) is 2.55. The van der Waals surface area contributed by atoms with Crippen molar-refractivity contribution in [1.29, 1.82) is 0 Å². The van der Waals surface area contributed by atoms with Crippen LogP contribution in [0, 0.1) is 0 Å². The Bertz CT molecular complexity index is 319. The average Bonchev–Trinajstić information content (AvgIpc) is 2.41. The summed E-state index contributed by atoms with van der Waals surface area (Å²) in [6, 6.07) is 9.68. The molecule has 2 rings (SSSR count). The molecule has 1 atom stereocenters. The number of nitrogens with zero attached hydrogens (tertiary/aromatic N) is 1. The first-order valence-electron chi connectivity index (χ1n) is 6.08. The third kappa shape index (κ3) is 2.40. The van der Waals surface area contributed by atoms with Crippen LogP contribution in [0.3, 0.4) is 0 Å². The molecule has 1 nitrogen and oxygen atoms in total. The van der Waals surface area contributed by atoms with E-state index in [1.165, 1.54) is 32.2 Å². The number of hydrogen-bond acceptors (Lipinski definition) is 1. The molecular weight excluding hydrogens is 182 g/mol. The van der Waals surface area contributed by atoms with Crippen LogP contribution in [0.5, 0.6) is 0 Å². The van der Waals surface area contributed by atoms with Gasteiger partial charge in [-0.15, -0.1) is 0 Å². The fraction of sp³-hybridized carbons (Fsp3) is 0.571. The Hall–Kier alpha value is -0.820. The Balaban J connectivity index is 2.19. The number of hydrogen-bond donors (Lipinski definition) is 0. The second kappa shape index (κ2) is 4.80. The lowest BCUT2D eigenvalue weighted by atomic mass is 9.98. The van der Waals surface area contributed by atoms with E-state index in [-0.39, 0.29) is 0 Å². The summed E-state index contributed by atoms with van der Waals surface area (Å²) in [5.74, 6) is 0. The molecule has 1 unspecified atom stereocenters. The van der Waals surface area contributed by atoms with Gasteiger partial charge in [0.2, 0.25) is 0 Å². The lowest BCUT2D eigenvalue weighted by Gasteiger charge is -2.25. The van der Waals surface area contributed by atoms with E-state index in [1.54, 1.807) is 11.1 Å². The van der Waals surface area contributed by atoms with Crippen LogP contribution in [0.4, 0.5) is 0 Å².